The fourth-order valence-corrected chi connectivity index (χ4v) is 7.67. The van der Waals surface area contributed by atoms with Gasteiger partial charge >= 0.3 is 0 Å². The molecular formula is C34H42N4O4S. The van der Waals surface area contributed by atoms with E-state index in [0.29, 0.717) is 37.3 Å². The summed E-state index contributed by atoms with van der Waals surface area (Å²) in [6.45, 7) is 5.55. The molecule has 1 saturated heterocycles. The van der Waals surface area contributed by atoms with E-state index in [1.807, 2.05) is 29.8 Å². The van der Waals surface area contributed by atoms with Gasteiger partial charge in [0.15, 0.2) is 0 Å². The minimum Gasteiger partial charge on any atom is -0.471 e. The lowest BCUT2D eigenvalue weighted by atomic mass is 9.73. The number of carbonyl (C=O) groups is 1. The van der Waals surface area contributed by atoms with Gasteiger partial charge in [-0.1, -0.05) is 32.0 Å². The fraction of sp³-hybridized carbons (Fsp3) is 0.559. The van der Waals surface area contributed by atoms with Crippen LogP contribution in [-0.2, 0) is 16.0 Å². The van der Waals surface area contributed by atoms with Crippen LogP contribution in [0.1, 0.15) is 87.4 Å². The molecule has 2 aliphatic heterocycles. The number of aliphatic hydroxyl groups excluding tert-OH is 1. The predicted molar refractivity (Wildman–Crippen MR) is 166 cm³/mol. The number of nitrogens with zero attached hydrogens (tertiary/aromatic N) is 2. The van der Waals surface area contributed by atoms with Gasteiger partial charge in [-0.3, -0.25) is 4.79 Å². The van der Waals surface area contributed by atoms with Gasteiger partial charge in [-0.15, -0.1) is 11.3 Å². The first kappa shape index (κ1) is 28.9. The molecular weight excluding hydrogens is 560 g/mol. The molecule has 8 nitrogen and oxygen atoms in total. The summed E-state index contributed by atoms with van der Waals surface area (Å²) in [7, 11) is 0. The summed E-state index contributed by atoms with van der Waals surface area (Å²) >= 11 is 1.60. The van der Waals surface area contributed by atoms with Gasteiger partial charge in [0.1, 0.15) is 16.7 Å². The van der Waals surface area contributed by atoms with E-state index in [0.717, 1.165) is 59.7 Å². The fourth-order valence-electron chi connectivity index (χ4n) is 7.04. The van der Waals surface area contributed by atoms with Crippen molar-refractivity contribution in [3.63, 3.8) is 0 Å². The number of fused-ring (bicyclic) bond motifs is 1. The number of carbonyl (C=O) groups excluding carboxylic acids is 1. The molecule has 0 bridgehead atoms. The van der Waals surface area contributed by atoms with E-state index in [2.05, 4.69) is 41.6 Å². The Bertz CT molecular complexity index is 1450. The third-order valence-corrected chi connectivity index (χ3v) is 10.8. The lowest BCUT2D eigenvalue weighted by Crippen LogP contribution is -2.53. The average molecular weight is 603 g/mol. The predicted octanol–water partition coefficient (Wildman–Crippen LogP) is 5.32. The lowest BCUT2D eigenvalue weighted by molar-refractivity contribution is -0.131. The number of hydrogen-bond acceptors (Lipinski definition) is 8. The Morgan fingerprint density at radius 1 is 1.19 bits per heavy atom. The van der Waals surface area contributed by atoms with Crippen molar-refractivity contribution < 1.29 is 19.4 Å². The highest BCUT2D eigenvalue weighted by Gasteiger charge is 2.49. The molecule has 2 saturated carbocycles. The Labute approximate surface area is 257 Å². The molecule has 5 atom stereocenters. The lowest BCUT2D eigenvalue weighted by Gasteiger charge is -2.47. The third kappa shape index (κ3) is 6.10. The van der Waals surface area contributed by atoms with Crippen LogP contribution < -0.4 is 15.4 Å². The Balaban J connectivity index is 1.10. The van der Waals surface area contributed by atoms with Crippen LogP contribution >= 0.6 is 11.3 Å². The Morgan fingerprint density at radius 3 is 2.74 bits per heavy atom. The first-order chi connectivity index (χ1) is 20.8. The molecule has 228 valence electrons. The van der Waals surface area contributed by atoms with Gasteiger partial charge in [-0.2, -0.15) is 0 Å². The smallest absolute Gasteiger partial charge is 0.249 e. The number of thiazole rings is 1. The zero-order chi connectivity index (χ0) is 29.6. The molecule has 1 aromatic carbocycles. The van der Waals surface area contributed by atoms with Gasteiger partial charge in [-0.25, -0.2) is 9.97 Å². The van der Waals surface area contributed by atoms with Crippen LogP contribution in [0.3, 0.4) is 0 Å². The normalized spacial score (nSPS) is 26.2. The molecule has 4 aliphatic rings. The first-order valence-corrected chi connectivity index (χ1v) is 16.7. The Kier molecular flexibility index (Phi) is 7.78. The molecule has 9 heteroatoms. The molecule has 43 heavy (non-hydrogen) atoms. The summed E-state index contributed by atoms with van der Waals surface area (Å²) < 4.78 is 12.2. The number of benzene rings is 1. The summed E-state index contributed by atoms with van der Waals surface area (Å²) in [5.74, 6) is 1.10. The van der Waals surface area contributed by atoms with E-state index in [9.17, 15) is 9.90 Å². The van der Waals surface area contributed by atoms with Gasteiger partial charge in [0.25, 0.3) is 0 Å². The SMILES string of the molecule is CC1(C)C[C@H]1c1cnc2c(c1)[C@@H](NC[C@@H](O)[C@H](Cc1cccc(-c3nccs3)c1)NC(=O)[C@@H]1CCCO1)CC1(CCC1)O2. The van der Waals surface area contributed by atoms with Crippen LogP contribution in [-0.4, -0.2) is 58.0 Å². The van der Waals surface area contributed by atoms with Gasteiger partial charge in [-0.05, 0) is 79.5 Å². The van der Waals surface area contributed by atoms with Crippen molar-refractivity contribution in [2.24, 2.45) is 5.41 Å². The number of nitrogens with one attached hydrogen (secondary N) is 2. The molecule has 3 aromatic rings. The molecule has 3 N–H and O–H groups in total. The molecule has 0 radical (unpaired) electrons. The maximum Gasteiger partial charge on any atom is 0.249 e. The minimum absolute atomic E-state index is 0.0239. The maximum atomic E-state index is 13.2. The number of aromatic nitrogens is 2. The van der Waals surface area contributed by atoms with Gasteiger partial charge in [0.2, 0.25) is 11.8 Å². The topological polar surface area (TPSA) is 106 Å². The van der Waals surface area contributed by atoms with Gasteiger partial charge in [0, 0.05) is 54.5 Å². The van der Waals surface area contributed by atoms with E-state index >= 15 is 0 Å². The van der Waals surface area contributed by atoms with Crippen molar-refractivity contribution in [3.8, 4) is 16.5 Å². The molecule has 2 aliphatic carbocycles. The number of ether oxygens (including phenoxy) is 2. The molecule has 1 amide bonds. The maximum absolute atomic E-state index is 13.2. The number of aliphatic hydroxyl groups is 1. The second kappa shape index (κ2) is 11.6. The summed E-state index contributed by atoms with van der Waals surface area (Å²) in [4.78, 5) is 22.4. The average Bonchev–Trinajstić information content (AvgIpc) is 3.44. The van der Waals surface area contributed by atoms with Crippen molar-refractivity contribution in [3.05, 3.63) is 64.8 Å². The highest BCUT2D eigenvalue weighted by molar-refractivity contribution is 7.13. The summed E-state index contributed by atoms with van der Waals surface area (Å²) in [6, 6.07) is 10.0. The van der Waals surface area contributed by atoms with Crippen LogP contribution in [0.25, 0.3) is 10.6 Å². The van der Waals surface area contributed by atoms with Crippen molar-refractivity contribution in [2.75, 3.05) is 13.2 Å². The summed E-state index contributed by atoms with van der Waals surface area (Å²) in [5, 5.41) is 21.4. The number of pyridine rings is 1. The van der Waals surface area contributed by atoms with Crippen LogP contribution in [0.15, 0.2) is 48.1 Å². The molecule has 4 heterocycles. The molecule has 1 spiro atoms. The highest BCUT2D eigenvalue weighted by atomic mass is 32.1. The van der Waals surface area contributed by atoms with Gasteiger partial charge < -0.3 is 25.2 Å². The van der Waals surface area contributed by atoms with E-state index in [1.165, 1.54) is 12.0 Å². The molecule has 2 aromatic heterocycles. The first-order valence-electron chi connectivity index (χ1n) is 15.8. The van der Waals surface area contributed by atoms with Crippen molar-refractivity contribution >= 4 is 17.2 Å². The number of amides is 1. The van der Waals surface area contributed by atoms with Crippen LogP contribution in [0.4, 0.5) is 0 Å². The zero-order valence-electron chi connectivity index (χ0n) is 25.1. The zero-order valence-corrected chi connectivity index (χ0v) is 25.9. The van der Waals surface area contributed by atoms with Crippen LogP contribution in [0.2, 0.25) is 0 Å². The van der Waals surface area contributed by atoms with E-state index < -0.39 is 18.2 Å². The summed E-state index contributed by atoms with van der Waals surface area (Å²) in [6.07, 6.45) is 9.87. The Hall–Kier alpha value is -2.85. The summed E-state index contributed by atoms with van der Waals surface area (Å²) in [5.41, 5.74) is 4.57. The van der Waals surface area contributed by atoms with Crippen molar-refractivity contribution in [2.45, 2.75) is 101 Å². The largest absolute Gasteiger partial charge is 0.471 e. The second-order valence-electron chi connectivity index (χ2n) is 13.6. The number of hydrogen-bond donors (Lipinski definition) is 3. The quantitative estimate of drug-likeness (QED) is 0.288. The molecule has 7 rings (SSSR count). The van der Waals surface area contributed by atoms with Crippen LogP contribution in [0, 0.1) is 5.41 Å². The standard InChI is InChI=1S/C34H42N4O4S/c1-33(2)17-25(33)23-16-24-27(18-34(9-5-10-34)42-31(24)37-19-23)36-20-28(39)26(38-30(40)29-8-4-12-41-29)15-21-6-3-7-22(14-21)32-35-11-13-43-32/h3,6-7,11,13-14,16,19,25-29,36,39H,4-5,8-10,12,15,17-18,20H2,1-2H3,(H,38,40)/t25-,26-,27-,28+,29-/m0/s1. The number of rotatable bonds is 10. The third-order valence-electron chi connectivity index (χ3n) is 9.99. The minimum atomic E-state index is -0.809. The molecule has 3 fully saturated rings. The van der Waals surface area contributed by atoms with E-state index in [-0.39, 0.29) is 17.6 Å². The Morgan fingerprint density at radius 2 is 2.05 bits per heavy atom. The monoisotopic (exact) mass is 602 g/mol. The molecule has 0 unspecified atom stereocenters. The highest BCUT2D eigenvalue weighted by Crippen LogP contribution is 2.59. The van der Waals surface area contributed by atoms with Crippen molar-refractivity contribution in [1.29, 1.82) is 0 Å². The van der Waals surface area contributed by atoms with E-state index in [1.54, 1.807) is 17.5 Å². The van der Waals surface area contributed by atoms with Crippen molar-refractivity contribution in [1.82, 2.24) is 20.6 Å². The van der Waals surface area contributed by atoms with Crippen LogP contribution in [0.5, 0.6) is 5.88 Å². The van der Waals surface area contributed by atoms with Gasteiger partial charge in [0.05, 0.1) is 12.1 Å². The second-order valence-corrected chi connectivity index (χ2v) is 14.5. The van der Waals surface area contributed by atoms with E-state index in [4.69, 9.17) is 14.5 Å².